The third-order valence-corrected chi connectivity index (χ3v) is 1.21. The minimum Gasteiger partial charge on any atom is -0.479 e. The van der Waals surface area contributed by atoms with E-state index >= 15 is 0 Å². The van der Waals surface area contributed by atoms with Gasteiger partial charge in [0.1, 0.15) is 6.61 Å². The van der Waals surface area contributed by atoms with Crippen molar-refractivity contribution in [3.8, 4) is 0 Å². The van der Waals surface area contributed by atoms with Crippen molar-refractivity contribution >= 4 is 11.9 Å². The average Bonchev–Trinajstić information content (AvgIpc) is 2.10. The molecule has 6 nitrogen and oxygen atoms in total. The van der Waals surface area contributed by atoms with Crippen molar-refractivity contribution in [3.63, 3.8) is 0 Å². The lowest BCUT2D eigenvalue weighted by atomic mass is 10.3. The van der Waals surface area contributed by atoms with Gasteiger partial charge in [-0.2, -0.15) is 0 Å². The topological polar surface area (TPSA) is 95.9 Å². The Kier molecular flexibility index (Phi) is 5.82. The van der Waals surface area contributed by atoms with Gasteiger partial charge in [0, 0.05) is 6.61 Å². The molecule has 0 saturated carbocycles. The molecule has 0 heterocycles. The summed E-state index contributed by atoms with van der Waals surface area (Å²) in [5.74, 6) is -1.81. The van der Waals surface area contributed by atoms with Crippen molar-refractivity contribution in [1.82, 2.24) is 5.32 Å². The molecule has 13 heavy (non-hydrogen) atoms. The molecule has 0 aromatic rings. The lowest BCUT2D eigenvalue weighted by Crippen LogP contribution is -2.38. The highest BCUT2D eigenvalue weighted by molar-refractivity contribution is 5.78. The van der Waals surface area contributed by atoms with E-state index in [2.05, 4.69) is 5.32 Å². The van der Waals surface area contributed by atoms with Crippen LogP contribution in [0.2, 0.25) is 0 Å². The summed E-state index contributed by atoms with van der Waals surface area (Å²) in [7, 11) is 0. The molecule has 76 valence electrons. The highest BCUT2D eigenvalue weighted by Gasteiger charge is 2.13. The number of carboxylic acids is 1. The predicted octanol–water partition coefficient (Wildman–Crippen LogP) is -1.42. The molecule has 3 N–H and O–H groups in total. The van der Waals surface area contributed by atoms with Gasteiger partial charge in [0.2, 0.25) is 5.91 Å². The molecule has 0 aliphatic carbocycles. The van der Waals surface area contributed by atoms with Gasteiger partial charge in [0.15, 0.2) is 6.10 Å². The van der Waals surface area contributed by atoms with Gasteiger partial charge in [-0.25, -0.2) is 4.79 Å². The summed E-state index contributed by atoms with van der Waals surface area (Å²) >= 11 is 0. The molecular weight excluding hydrogens is 178 g/mol. The molecular formula is C7H13NO5. The summed E-state index contributed by atoms with van der Waals surface area (Å²) in [6, 6.07) is 0. The monoisotopic (exact) mass is 191 g/mol. The van der Waals surface area contributed by atoms with E-state index in [0.717, 1.165) is 0 Å². The van der Waals surface area contributed by atoms with Gasteiger partial charge in [-0.1, -0.05) is 0 Å². The smallest absolute Gasteiger partial charge is 0.334 e. The number of rotatable bonds is 6. The maximum absolute atomic E-state index is 10.8. The normalized spacial score (nSPS) is 12.2. The summed E-state index contributed by atoms with van der Waals surface area (Å²) < 4.78 is 4.75. The average molecular weight is 191 g/mol. The standard InChI is InChI=1S/C7H13NO5/c1-2-13-4-6(10)8-3-5(9)7(11)12/h5,9H,2-4H2,1H3,(H,8,10)(H,11,12). The van der Waals surface area contributed by atoms with Gasteiger partial charge in [0.25, 0.3) is 0 Å². The van der Waals surface area contributed by atoms with Gasteiger partial charge in [-0.3, -0.25) is 4.79 Å². The SMILES string of the molecule is CCOCC(=O)NCC(O)C(=O)O. The minimum absolute atomic E-state index is 0.122. The molecule has 0 bridgehead atoms. The molecule has 1 amide bonds. The second kappa shape index (κ2) is 6.38. The highest BCUT2D eigenvalue weighted by atomic mass is 16.5. The van der Waals surface area contributed by atoms with E-state index < -0.39 is 18.0 Å². The first kappa shape index (κ1) is 11.9. The first-order valence-electron chi connectivity index (χ1n) is 3.83. The molecule has 0 rings (SSSR count). The molecule has 0 aliphatic rings. The number of carbonyl (C=O) groups is 2. The zero-order chi connectivity index (χ0) is 10.3. The molecule has 1 unspecified atom stereocenters. The number of ether oxygens (including phenoxy) is 1. The van der Waals surface area contributed by atoms with E-state index in [1.165, 1.54) is 0 Å². The summed E-state index contributed by atoms with van der Waals surface area (Å²) in [4.78, 5) is 20.9. The molecule has 0 fully saturated rings. The Morgan fingerprint density at radius 2 is 2.15 bits per heavy atom. The van der Waals surface area contributed by atoms with Crippen molar-refractivity contribution in [3.05, 3.63) is 0 Å². The Morgan fingerprint density at radius 3 is 2.62 bits per heavy atom. The van der Waals surface area contributed by atoms with E-state index in [0.29, 0.717) is 6.61 Å². The Labute approximate surface area is 75.5 Å². The number of amides is 1. The number of nitrogens with one attached hydrogen (secondary N) is 1. The van der Waals surface area contributed by atoms with Crippen LogP contribution in [-0.4, -0.2) is 48.0 Å². The second-order valence-corrected chi connectivity index (χ2v) is 2.30. The molecule has 6 heteroatoms. The van der Waals surface area contributed by atoms with Crippen molar-refractivity contribution in [2.45, 2.75) is 13.0 Å². The van der Waals surface area contributed by atoms with Gasteiger partial charge in [-0.05, 0) is 6.92 Å². The molecule has 1 atom stereocenters. The van der Waals surface area contributed by atoms with Gasteiger partial charge in [-0.15, -0.1) is 0 Å². The van der Waals surface area contributed by atoms with Crippen LogP contribution in [0, 0.1) is 0 Å². The first-order valence-corrected chi connectivity index (χ1v) is 3.83. The molecule has 0 aromatic heterocycles. The summed E-state index contributed by atoms with van der Waals surface area (Å²) in [5.41, 5.74) is 0. The predicted molar refractivity (Wildman–Crippen MR) is 43.1 cm³/mol. The van der Waals surface area contributed by atoms with Crippen LogP contribution in [-0.2, 0) is 14.3 Å². The molecule has 0 saturated heterocycles. The van der Waals surface area contributed by atoms with Crippen LogP contribution in [0.4, 0.5) is 0 Å². The fraction of sp³-hybridized carbons (Fsp3) is 0.714. The third-order valence-electron chi connectivity index (χ3n) is 1.21. The van der Waals surface area contributed by atoms with Crippen LogP contribution in [0.1, 0.15) is 6.92 Å². The maximum atomic E-state index is 10.8. The van der Waals surface area contributed by atoms with Crippen LogP contribution >= 0.6 is 0 Å². The van der Waals surface area contributed by atoms with Crippen LogP contribution in [0.25, 0.3) is 0 Å². The van der Waals surface area contributed by atoms with Crippen LogP contribution in [0.3, 0.4) is 0 Å². The fourth-order valence-electron chi connectivity index (χ4n) is 0.544. The zero-order valence-electron chi connectivity index (χ0n) is 7.32. The van der Waals surface area contributed by atoms with Crippen LogP contribution in [0.15, 0.2) is 0 Å². The second-order valence-electron chi connectivity index (χ2n) is 2.30. The minimum atomic E-state index is -1.56. The van der Waals surface area contributed by atoms with Crippen molar-refractivity contribution < 1.29 is 24.5 Å². The summed E-state index contributed by atoms with van der Waals surface area (Å²) in [6.07, 6.45) is -1.56. The lowest BCUT2D eigenvalue weighted by Gasteiger charge is -2.07. The molecule has 0 aromatic carbocycles. The van der Waals surface area contributed by atoms with E-state index in [4.69, 9.17) is 14.9 Å². The van der Waals surface area contributed by atoms with Crippen LogP contribution < -0.4 is 5.32 Å². The quantitative estimate of drug-likeness (QED) is 0.479. The summed E-state index contributed by atoms with van der Waals surface area (Å²) in [6.45, 7) is 1.72. The molecule has 0 radical (unpaired) electrons. The number of aliphatic hydroxyl groups excluding tert-OH is 1. The Hall–Kier alpha value is -1.14. The Bertz CT molecular complexity index is 182. The number of carboxylic acid groups (broad SMARTS) is 1. The number of hydrogen-bond acceptors (Lipinski definition) is 4. The number of aliphatic hydroxyl groups is 1. The van der Waals surface area contributed by atoms with E-state index in [1.807, 2.05) is 0 Å². The van der Waals surface area contributed by atoms with Crippen LogP contribution in [0.5, 0.6) is 0 Å². The fourth-order valence-corrected chi connectivity index (χ4v) is 0.544. The van der Waals surface area contributed by atoms with E-state index in [9.17, 15) is 9.59 Å². The third kappa shape index (κ3) is 6.06. The van der Waals surface area contributed by atoms with E-state index in [-0.39, 0.29) is 13.2 Å². The van der Waals surface area contributed by atoms with Crippen molar-refractivity contribution in [2.24, 2.45) is 0 Å². The molecule has 0 aliphatic heterocycles. The largest absolute Gasteiger partial charge is 0.479 e. The maximum Gasteiger partial charge on any atom is 0.334 e. The van der Waals surface area contributed by atoms with Gasteiger partial charge < -0.3 is 20.3 Å². The number of carbonyl (C=O) groups excluding carboxylic acids is 1. The van der Waals surface area contributed by atoms with E-state index in [1.54, 1.807) is 6.92 Å². The van der Waals surface area contributed by atoms with Crippen molar-refractivity contribution in [2.75, 3.05) is 19.8 Å². The number of hydrogen-bond donors (Lipinski definition) is 3. The zero-order valence-corrected chi connectivity index (χ0v) is 7.32. The Morgan fingerprint density at radius 1 is 1.54 bits per heavy atom. The highest BCUT2D eigenvalue weighted by Crippen LogP contribution is 1.80. The Balaban J connectivity index is 3.52. The van der Waals surface area contributed by atoms with Gasteiger partial charge >= 0.3 is 5.97 Å². The lowest BCUT2D eigenvalue weighted by molar-refractivity contribution is -0.146. The van der Waals surface area contributed by atoms with Crippen molar-refractivity contribution in [1.29, 1.82) is 0 Å². The number of aliphatic carboxylic acids is 1. The molecule has 0 spiro atoms. The summed E-state index contributed by atoms with van der Waals surface area (Å²) in [5, 5.41) is 19.2. The van der Waals surface area contributed by atoms with Gasteiger partial charge in [0.05, 0.1) is 6.54 Å². The first-order chi connectivity index (χ1) is 6.07.